The fraction of sp³-hybridized carbons (Fsp3) is 0.500. The van der Waals surface area contributed by atoms with Gasteiger partial charge in [0, 0.05) is 37.7 Å². The van der Waals surface area contributed by atoms with Crippen molar-refractivity contribution in [3.05, 3.63) is 47.5 Å². The summed E-state index contributed by atoms with van der Waals surface area (Å²) in [6.45, 7) is 2.63. The van der Waals surface area contributed by atoms with Crippen molar-refractivity contribution in [2.75, 3.05) is 13.1 Å². The third-order valence-electron chi connectivity index (χ3n) is 4.98. The molecule has 0 spiro atoms. The van der Waals surface area contributed by atoms with Gasteiger partial charge in [0.1, 0.15) is 0 Å². The van der Waals surface area contributed by atoms with Gasteiger partial charge in [0.25, 0.3) is 5.91 Å². The van der Waals surface area contributed by atoms with E-state index < -0.39 is 0 Å². The summed E-state index contributed by atoms with van der Waals surface area (Å²) >= 11 is 0. The van der Waals surface area contributed by atoms with E-state index in [4.69, 9.17) is 0 Å². The van der Waals surface area contributed by atoms with E-state index in [0.717, 1.165) is 38.9 Å². The van der Waals surface area contributed by atoms with Crippen molar-refractivity contribution in [3.8, 4) is 0 Å². The van der Waals surface area contributed by atoms with E-state index in [-0.39, 0.29) is 5.91 Å². The summed E-state index contributed by atoms with van der Waals surface area (Å²) in [5, 5.41) is 4.52. The zero-order valence-corrected chi connectivity index (χ0v) is 13.3. The molecule has 0 bridgehead atoms. The normalized spacial score (nSPS) is 20.5. The van der Waals surface area contributed by atoms with Crippen LogP contribution in [0.2, 0.25) is 0 Å². The molecule has 2 aliphatic rings. The fourth-order valence-electron chi connectivity index (χ4n) is 3.72. The van der Waals surface area contributed by atoms with Gasteiger partial charge < -0.3 is 4.90 Å². The molecule has 1 amide bonds. The van der Waals surface area contributed by atoms with Gasteiger partial charge in [0.2, 0.25) is 0 Å². The smallest absolute Gasteiger partial charge is 0.274 e. The van der Waals surface area contributed by atoms with E-state index in [2.05, 4.69) is 22.2 Å². The van der Waals surface area contributed by atoms with Gasteiger partial charge in [-0.1, -0.05) is 0 Å². The highest BCUT2D eigenvalue weighted by Crippen LogP contribution is 2.23. The lowest BCUT2D eigenvalue weighted by Crippen LogP contribution is -2.29. The number of likely N-dealkylation sites (tertiary alicyclic amines) is 1. The first-order valence-electron chi connectivity index (χ1n) is 8.54. The average molecular weight is 310 g/mol. The van der Waals surface area contributed by atoms with Crippen molar-refractivity contribution in [1.29, 1.82) is 0 Å². The first-order chi connectivity index (χ1) is 11.3. The molecule has 4 heterocycles. The molecule has 0 unspecified atom stereocenters. The fourth-order valence-corrected chi connectivity index (χ4v) is 3.72. The van der Waals surface area contributed by atoms with E-state index in [1.807, 2.05) is 28.0 Å². The van der Waals surface area contributed by atoms with E-state index in [1.54, 1.807) is 0 Å². The summed E-state index contributed by atoms with van der Waals surface area (Å²) in [7, 11) is 0. The van der Waals surface area contributed by atoms with E-state index in [0.29, 0.717) is 11.6 Å². The standard InChI is InChI=1S/C18H22N4O/c23-18(17-12-16-3-1-2-9-22(16)20-17)21-10-6-15(13-21)11-14-4-7-19-8-5-14/h4-5,7-8,12,15H,1-3,6,9-11,13H2/t15-/m0/s1. The van der Waals surface area contributed by atoms with Gasteiger partial charge in [0.15, 0.2) is 5.69 Å². The Kier molecular flexibility index (Phi) is 3.85. The number of carbonyl (C=O) groups is 1. The minimum atomic E-state index is 0.101. The summed E-state index contributed by atoms with van der Waals surface area (Å²) in [4.78, 5) is 18.7. The third-order valence-corrected chi connectivity index (χ3v) is 4.98. The lowest BCUT2D eigenvalue weighted by molar-refractivity contribution is 0.0780. The van der Waals surface area contributed by atoms with Crippen molar-refractivity contribution >= 4 is 5.91 Å². The van der Waals surface area contributed by atoms with Gasteiger partial charge >= 0.3 is 0 Å². The lowest BCUT2D eigenvalue weighted by Gasteiger charge is -2.15. The molecule has 5 nitrogen and oxygen atoms in total. The van der Waals surface area contributed by atoms with Crippen LogP contribution < -0.4 is 0 Å². The van der Waals surface area contributed by atoms with Gasteiger partial charge in [-0.05, 0) is 61.8 Å². The zero-order valence-electron chi connectivity index (χ0n) is 13.3. The maximum Gasteiger partial charge on any atom is 0.274 e. The van der Waals surface area contributed by atoms with E-state index in [9.17, 15) is 4.79 Å². The van der Waals surface area contributed by atoms with Crippen LogP contribution in [0.5, 0.6) is 0 Å². The van der Waals surface area contributed by atoms with Gasteiger partial charge in [-0.2, -0.15) is 5.10 Å². The topological polar surface area (TPSA) is 51.0 Å². The van der Waals surface area contributed by atoms with Gasteiger partial charge in [-0.3, -0.25) is 14.5 Å². The molecule has 0 aromatic carbocycles. The number of pyridine rings is 1. The van der Waals surface area contributed by atoms with Crippen LogP contribution >= 0.6 is 0 Å². The van der Waals surface area contributed by atoms with Gasteiger partial charge in [-0.25, -0.2) is 0 Å². The molecule has 0 aliphatic carbocycles. The first-order valence-corrected chi connectivity index (χ1v) is 8.54. The molecule has 0 saturated carbocycles. The number of fused-ring (bicyclic) bond motifs is 1. The number of aryl methyl sites for hydroxylation is 2. The Bertz CT molecular complexity index is 671. The number of carbonyl (C=O) groups excluding carboxylic acids is 1. The minimum absolute atomic E-state index is 0.101. The summed E-state index contributed by atoms with van der Waals surface area (Å²) in [6.07, 6.45) is 9.18. The van der Waals surface area contributed by atoms with Crippen molar-refractivity contribution in [2.45, 2.75) is 38.6 Å². The summed E-state index contributed by atoms with van der Waals surface area (Å²) in [5.74, 6) is 0.641. The maximum absolute atomic E-state index is 12.7. The SMILES string of the molecule is O=C(c1cc2n(n1)CCCC2)N1CC[C@@H](Cc2ccncc2)C1. The molecule has 1 fully saturated rings. The molecule has 120 valence electrons. The second-order valence-electron chi connectivity index (χ2n) is 6.67. The van der Waals surface area contributed by atoms with Crippen LogP contribution in [-0.4, -0.2) is 38.7 Å². The highest BCUT2D eigenvalue weighted by molar-refractivity contribution is 5.92. The molecule has 2 aromatic heterocycles. The Morgan fingerprint density at radius 3 is 2.91 bits per heavy atom. The number of rotatable bonds is 3. The average Bonchev–Trinajstić information content (AvgIpc) is 3.21. The molecule has 2 aliphatic heterocycles. The van der Waals surface area contributed by atoms with E-state index in [1.165, 1.54) is 24.1 Å². The van der Waals surface area contributed by atoms with Crippen LogP contribution in [0.1, 0.15) is 41.0 Å². The monoisotopic (exact) mass is 310 g/mol. The zero-order chi connectivity index (χ0) is 15.6. The second-order valence-corrected chi connectivity index (χ2v) is 6.67. The molecule has 0 radical (unpaired) electrons. The molecular weight excluding hydrogens is 288 g/mol. The molecule has 23 heavy (non-hydrogen) atoms. The van der Waals surface area contributed by atoms with Crippen LogP contribution in [0, 0.1) is 5.92 Å². The Labute approximate surface area is 136 Å². The van der Waals surface area contributed by atoms with E-state index >= 15 is 0 Å². The van der Waals surface area contributed by atoms with Crippen LogP contribution in [0.4, 0.5) is 0 Å². The highest BCUT2D eigenvalue weighted by atomic mass is 16.2. The molecule has 5 heteroatoms. The first kappa shape index (κ1) is 14.4. The Hall–Kier alpha value is -2.17. The largest absolute Gasteiger partial charge is 0.337 e. The van der Waals surface area contributed by atoms with Crippen LogP contribution in [0.3, 0.4) is 0 Å². The summed E-state index contributed by atoms with van der Waals surface area (Å²) < 4.78 is 2.02. The van der Waals surface area contributed by atoms with Gasteiger partial charge in [-0.15, -0.1) is 0 Å². The van der Waals surface area contributed by atoms with Crippen molar-refractivity contribution < 1.29 is 4.79 Å². The maximum atomic E-state index is 12.7. The number of nitrogens with zero attached hydrogens (tertiary/aromatic N) is 4. The Morgan fingerprint density at radius 2 is 2.09 bits per heavy atom. The highest BCUT2D eigenvalue weighted by Gasteiger charge is 2.29. The molecular formula is C18H22N4O. The van der Waals surface area contributed by atoms with Crippen molar-refractivity contribution in [1.82, 2.24) is 19.7 Å². The number of hydrogen-bond donors (Lipinski definition) is 0. The van der Waals surface area contributed by atoms with Gasteiger partial charge in [0.05, 0.1) is 0 Å². The quantitative estimate of drug-likeness (QED) is 0.874. The molecule has 4 rings (SSSR count). The number of hydrogen-bond acceptors (Lipinski definition) is 3. The molecule has 2 aromatic rings. The minimum Gasteiger partial charge on any atom is -0.337 e. The number of aromatic nitrogens is 3. The Morgan fingerprint density at radius 1 is 1.22 bits per heavy atom. The molecule has 1 atom stereocenters. The van der Waals surface area contributed by atoms with Crippen LogP contribution in [-0.2, 0) is 19.4 Å². The summed E-state index contributed by atoms with van der Waals surface area (Å²) in [6, 6.07) is 6.12. The van der Waals surface area contributed by atoms with Crippen molar-refractivity contribution in [2.24, 2.45) is 5.92 Å². The Balaban J connectivity index is 1.41. The molecule has 0 N–H and O–H groups in total. The third kappa shape index (κ3) is 3.00. The predicted octanol–water partition coefficient (Wildman–Crippen LogP) is 2.32. The second kappa shape index (κ2) is 6.14. The summed E-state index contributed by atoms with van der Waals surface area (Å²) in [5.41, 5.74) is 3.15. The lowest BCUT2D eigenvalue weighted by atomic mass is 10.00. The van der Waals surface area contributed by atoms with Crippen LogP contribution in [0.15, 0.2) is 30.6 Å². The van der Waals surface area contributed by atoms with Crippen LogP contribution in [0.25, 0.3) is 0 Å². The predicted molar refractivity (Wildman–Crippen MR) is 87.1 cm³/mol. The molecule has 1 saturated heterocycles. The number of amides is 1. The van der Waals surface area contributed by atoms with Crippen molar-refractivity contribution in [3.63, 3.8) is 0 Å².